The molecule has 0 bridgehead atoms. The molecule has 0 aliphatic carbocycles. The zero-order chi connectivity index (χ0) is 13.1. The monoisotopic (exact) mass is 420 g/mol. The Balaban J connectivity index is 2.18. The van der Waals surface area contributed by atoms with Gasteiger partial charge in [0.15, 0.2) is 0 Å². The molecule has 1 nitrogen and oxygen atoms in total. The van der Waals surface area contributed by atoms with Crippen molar-refractivity contribution in [2.24, 2.45) is 0 Å². The molecule has 0 saturated carbocycles. The SMILES string of the molecule is OC(Cc1cccc(F)c1Br)c1ccc(I)cc1. The van der Waals surface area contributed by atoms with Crippen LogP contribution in [0.4, 0.5) is 4.39 Å². The molecule has 0 aliphatic rings. The van der Waals surface area contributed by atoms with Gasteiger partial charge < -0.3 is 5.11 Å². The van der Waals surface area contributed by atoms with Gasteiger partial charge in [0.2, 0.25) is 0 Å². The Kier molecular flexibility index (Phi) is 4.75. The number of aliphatic hydroxyl groups excluding tert-OH is 1. The van der Waals surface area contributed by atoms with Crippen LogP contribution in [-0.4, -0.2) is 5.11 Å². The lowest BCUT2D eigenvalue weighted by Gasteiger charge is -2.12. The fraction of sp³-hybridized carbons (Fsp3) is 0.143. The first-order chi connectivity index (χ1) is 8.58. The number of halogens is 3. The van der Waals surface area contributed by atoms with Crippen LogP contribution in [0.15, 0.2) is 46.9 Å². The van der Waals surface area contributed by atoms with E-state index in [2.05, 4.69) is 38.5 Å². The summed E-state index contributed by atoms with van der Waals surface area (Å²) >= 11 is 5.42. The molecule has 0 spiro atoms. The van der Waals surface area contributed by atoms with Gasteiger partial charge in [-0.1, -0.05) is 24.3 Å². The molecule has 0 heterocycles. The van der Waals surface area contributed by atoms with E-state index >= 15 is 0 Å². The Morgan fingerprint density at radius 3 is 2.50 bits per heavy atom. The Morgan fingerprint density at radius 1 is 1.17 bits per heavy atom. The van der Waals surface area contributed by atoms with Crippen molar-refractivity contribution in [1.82, 2.24) is 0 Å². The van der Waals surface area contributed by atoms with Gasteiger partial charge in [-0.3, -0.25) is 0 Å². The fourth-order valence-electron chi connectivity index (χ4n) is 1.72. The van der Waals surface area contributed by atoms with Crippen LogP contribution in [0.5, 0.6) is 0 Å². The Hall–Kier alpha value is -0.460. The highest BCUT2D eigenvalue weighted by molar-refractivity contribution is 14.1. The maximum atomic E-state index is 13.4. The van der Waals surface area contributed by atoms with Crippen molar-refractivity contribution >= 4 is 38.5 Å². The summed E-state index contributed by atoms with van der Waals surface area (Å²) in [5.41, 5.74) is 1.60. The number of rotatable bonds is 3. The van der Waals surface area contributed by atoms with Gasteiger partial charge in [-0.25, -0.2) is 4.39 Å². The first-order valence-corrected chi connectivity index (χ1v) is 7.31. The standard InChI is InChI=1S/C14H11BrFIO/c15-14-10(2-1-3-12(14)16)8-13(18)9-4-6-11(17)7-5-9/h1-7,13,18H,8H2. The van der Waals surface area contributed by atoms with Crippen molar-refractivity contribution in [3.8, 4) is 0 Å². The zero-order valence-corrected chi connectivity index (χ0v) is 13.2. The van der Waals surface area contributed by atoms with E-state index in [1.165, 1.54) is 6.07 Å². The molecule has 94 valence electrons. The Bertz CT molecular complexity index is 542. The summed E-state index contributed by atoms with van der Waals surface area (Å²) in [6.45, 7) is 0. The topological polar surface area (TPSA) is 20.2 Å². The van der Waals surface area contributed by atoms with Crippen LogP contribution in [0.1, 0.15) is 17.2 Å². The molecule has 0 saturated heterocycles. The second-order valence-electron chi connectivity index (χ2n) is 3.98. The minimum absolute atomic E-state index is 0.303. The predicted octanol–water partition coefficient (Wildman–Crippen LogP) is 4.47. The van der Waals surface area contributed by atoms with Gasteiger partial charge >= 0.3 is 0 Å². The van der Waals surface area contributed by atoms with E-state index in [1.54, 1.807) is 6.07 Å². The molecule has 4 heteroatoms. The molecular formula is C14H11BrFIO. The second-order valence-corrected chi connectivity index (χ2v) is 6.02. The number of aliphatic hydroxyl groups is 1. The summed E-state index contributed by atoms with van der Waals surface area (Å²) in [7, 11) is 0. The van der Waals surface area contributed by atoms with Crippen molar-refractivity contribution in [3.63, 3.8) is 0 Å². The summed E-state index contributed by atoms with van der Waals surface area (Å²) in [5, 5.41) is 10.1. The Morgan fingerprint density at radius 2 is 1.83 bits per heavy atom. The molecule has 0 aliphatic heterocycles. The van der Waals surface area contributed by atoms with E-state index in [9.17, 15) is 9.50 Å². The lowest BCUT2D eigenvalue weighted by Crippen LogP contribution is -2.03. The normalized spacial score (nSPS) is 12.4. The van der Waals surface area contributed by atoms with Crippen molar-refractivity contribution in [3.05, 3.63) is 67.5 Å². The summed E-state index contributed by atoms with van der Waals surface area (Å²) in [6, 6.07) is 12.5. The molecule has 0 radical (unpaired) electrons. The average Bonchev–Trinajstić information content (AvgIpc) is 2.36. The molecule has 2 aromatic carbocycles. The third-order valence-electron chi connectivity index (χ3n) is 2.70. The molecule has 0 fully saturated rings. The van der Waals surface area contributed by atoms with E-state index in [1.807, 2.05) is 30.3 Å². The maximum Gasteiger partial charge on any atom is 0.137 e. The third kappa shape index (κ3) is 3.30. The molecule has 2 rings (SSSR count). The maximum absolute atomic E-state index is 13.4. The summed E-state index contributed by atoms with van der Waals surface area (Å²) in [6.07, 6.45) is -0.237. The largest absolute Gasteiger partial charge is 0.388 e. The third-order valence-corrected chi connectivity index (χ3v) is 4.31. The van der Waals surface area contributed by atoms with Crippen molar-refractivity contribution in [1.29, 1.82) is 0 Å². The average molecular weight is 421 g/mol. The van der Waals surface area contributed by atoms with Crippen molar-refractivity contribution in [2.75, 3.05) is 0 Å². The van der Waals surface area contributed by atoms with Crippen molar-refractivity contribution < 1.29 is 9.50 Å². The van der Waals surface area contributed by atoms with Crippen LogP contribution in [0, 0.1) is 9.39 Å². The first-order valence-electron chi connectivity index (χ1n) is 5.44. The van der Waals surface area contributed by atoms with Gasteiger partial charge in [0.05, 0.1) is 10.6 Å². The molecular weight excluding hydrogens is 410 g/mol. The Labute approximate surface area is 127 Å². The molecule has 1 atom stereocenters. The lowest BCUT2D eigenvalue weighted by atomic mass is 10.0. The molecule has 1 N–H and O–H groups in total. The fourth-order valence-corrected chi connectivity index (χ4v) is 2.50. The zero-order valence-electron chi connectivity index (χ0n) is 9.41. The van der Waals surface area contributed by atoms with E-state index in [0.717, 1.165) is 14.7 Å². The summed E-state index contributed by atoms with van der Waals surface area (Å²) < 4.78 is 14.9. The quantitative estimate of drug-likeness (QED) is 0.726. The summed E-state index contributed by atoms with van der Waals surface area (Å²) in [4.78, 5) is 0. The van der Waals surface area contributed by atoms with E-state index in [4.69, 9.17) is 0 Å². The smallest absolute Gasteiger partial charge is 0.137 e. The van der Waals surface area contributed by atoms with Crippen LogP contribution in [0.25, 0.3) is 0 Å². The van der Waals surface area contributed by atoms with Crippen LogP contribution in [0.2, 0.25) is 0 Å². The van der Waals surface area contributed by atoms with Gasteiger partial charge in [0.25, 0.3) is 0 Å². The van der Waals surface area contributed by atoms with Crippen LogP contribution < -0.4 is 0 Å². The highest BCUT2D eigenvalue weighted by atomic mass is 127. The van der Waals surface area contributed by atoms with Gasteiger partial charge in [-0.05, 0) is 67.8 Å². The first kappa shape index (κ1) is 14.0. The molecule has 0 amide bonds. The van der Waals surface area contributed by atoms with E-state index in [0.29, 0.717) is 10.9 Å². The number of hydrogen-bond acceptors (Lipinski definition) is 1. The highest BCUT2D eigenvalue weighted by Gasteiger charge is 2.12. The van der Waals surface area contributed by atoms with E-state index < -0.39 is 6.10 Å². The highest BCUT2D eigenvalue weighted by Crippen LogP contribution is 2.26. The second kappa shape index (κ2) is 6.12. The van der Waals surface area contributed by atoms with Crippen LogP contribution in [0.3, 0.4) is 0 Å². The number of benzene rings is 2. The molecule has 1 unspecified atom stereocenters. The minimum atomic E-state index is -0.625. The van der Waals surface area contributed by atoms with Gasteiger partial charge in [0, 0.05) is 9.99 Å². The summed E-state index contributed by atoms with van der Waals surface area (Å²) in [5.74, 6) is -0.303. The van der Waals surface area contributed by atoms with Gasteiger partial charge in [-0.2, -0.15) is 0 Å². The van der Waals surface area contributed by atoms with E-state index in [-0.39, 0.29) is 5.82 Å². The van der Waals surface area contributed by atoms with Gasteiger partial charge in [-0.15, -0.1) is 0 Å². The molecule has 18 heavy (non-hydrogen) atoms. The molecule has 2 aromatic rings. The van der Waals surface area contributed by atoms with Crippen LogP contribution in [-0.2, 0) is 6.42 Å². The lowest BCUT2D eigenvalue weighted by molar-refractivity contribution is 0.178. The molecule has 0 aromatic heterocycles. The van der Waals surface area contributed by atoms with Gasteiger partial charge in [0.1, 0.15) is 5.82 Å². The minimum Gasteiger partial charge on any atom is -0.388 e. The van der Waals surface area contributed by atoms with Crippen LogP contribution >= 0.6 is 38.5 Å². The van der Waals surface area contributed by atoms with Crippen molar-refractivity contribution in [2.45, 2.75) is 12.5 Å². The predicted molar refractivity (Wildman–Crippen MR) is 81.9 cm³/mol. The number of hydrogen-bond donors (Lipinski definition) is 1.